The van der Waals surface area contributed by atoms with E-state index in [9.17, 15) is 10.1 Å². The number of benzene rings is 1. The minimum Gasteiger partial charge on any atom is -0.495 e. The molecular weight excluding hydrogens is 236 g/mol. The van der Waals surface area contributed by atoms with Gasteiger partial charge in [0.2, 0.25) is 0 Å². The summed E-state index contributed by atoms with van der Waals surface area (Å²) in [5, 5.41) is 14.0. The Morgan fingerprint density at radius 2 is 2.39 bits per heavy atom. The van der Waals surface area contributed by atoms with E-state index in [4.69, 9.17) is 9.47 Å². The Labute approximate surface area is 105 Å². The van der Waals surface area contributed by atoms with Crippen molar-refractivity contribution in [2.24, 2.45) is 0 Å². The van der Waals surface area contributed by atoms with Gasteiger partial charge in [0.25, 0.3) is 5.69 Å². The van der Waals surface area contributed by atoms with Crippen LogP contribution < -0.4 is 10.1 Å². The SMILES string of the molecule is COc1ccc([N+](=O)[O-])cc1NC1CCCOC1. The number of nitro benzene ring substituents is 1. The monoisotopic (exact) mass is 252 g/mol. The van der Waals surface area contributed by atoms with E-state index in [2.05, 4.69) is 5.32 Å². The van der Waals surface area contributed by atoms with Gasteiger partial charge in [-0.2, -0.15) is 0 Å². The fraction of sp³-hybridized carbons (Fsp3) is 0.500. The molecule has 1 atom stereocenters. The lowest BCUT2D eigenvalue weighted by Gasteiger charge is -2.24. The van der Waals surface area contributed by atoms with Gasteiger partial charge >= 0.3 is 0 Å². The van der Waals surface area contributed by atoms with Crippen molar-refractivity contribution in [3.05, 3.63) is 28.3 Å². The molecule has 18 heavy (non-hydrogen) atoms. The Kier molecular flexibility index (Phi) is 3.99. The van der Waals surface area contributed by atoms with Gasteiger partial charge in [0.15, 0.2) is 0 Å². The first-order valence-corrected chi connectivity index (χ1v) is 5.87. The molecule has 1 aliphatic heterocycles. The highest BCUT2D eigenvalue weighted by molar-refractivity contribution is 5.62. The number of anilines is 1. The van der Waals surface area contributed by atoms with E-state index in [0.717, 1.165) is 19.4 Å². The maximum Gasteiger partial charge on any atom is 0.271 e. The van der Waals surface area contributed by atoms with Gasteiger partial charge in [0, 0.05) is 24.8 Å². The summed E-state index contributed by atoms with van der Waals surface area (Å²) < 4.78 is 10.6. The quantitative estimate of drug-likeness (QED) is 0.656. The van der Waals surface area contributed by atoms with Crippen LogP contribution in [0.25, 0.3) is 0 Å². The molecule has 6 nitrogen and oxygen atoms in total. The van der Waals surface area contributed by atoms with E-state index in [1.807, 2.05) is 0 Å². The van der Waals surface area contributed by atoms with Crippen molar-refractivity contribution in [3.8, 4) is 5.75 Å². The zero-order valence-electron chi connectivity index (χ0n) is 10.2. The molecule has 1 fully saturated rings. The summed E-state index contributed by atoms with van der Waals surface area (Å²) in [7, 11) is 1.55. The fourth-order valence-electron chi connectivity index (χ4n) is 2.00. The highest BCUT2D eigenvalue weighted by atomic mass is 16.6. The molecule has 1 unspecified atom stereocenters. The van der Waals surface area contributed by atoms with Crippen molar-refractivity contribution in [1.82, 2.24) is 0 Å². The van der Waals surface area contributed by atoms with E-state index in [1.165, 1.54) is 12.1 Å². The minimum absolute atomic E-state index is 0.0510. The number of methoxy groups -OCH3 is 1. The van der Waals surface area contributed by atoms with E-state index in [-0.39, 0.29) is 11.7 Å². The third-order valence-corrected chi connectivity index (χ3v) is 2.91. The molecule has 1 N–H and O–H groups in total. The average Bonchev–Trinajstić information content (AvgIpc) is 2.39. The van der Waals surface area contributed by atoms with Crippen LogP contribution in [0.1, 0.15) is 12.8 Å². The molecule has 1 aliphatic rings. The number of hydrogen-bond donors (Lipinski definition) is 1. The molecule has 1 heterocycles. The maximum atomic E-state index is 10.8. The largest absolute Gasteiger partial charge is 0.495 e. The van der Waals surface area contributed by atoms with Crippen LogP contribution in [0, 0.1) is 10.1 Å². The van der Waals surface area contributed by atoms with Crippen molar-refractivity contribution < 1.29 is 14.4 Å². The van der Waals surface area contributed by atoms with Crippen molar-refractivity contribution in [1.29, 1.82) is 0 Å². The smallest absolute Gasteiger partial charge is 0.271 e. The maximum absolute atomic E-state index is 10.8. The van der Waals surface area contributed by atoms with Crippen LogP contribution in [0.4, 0.5) is 11.4 Å². The van der Waals surface area contributed by atoms with Crippen LogP contribution in [-0.4, -0.2) is 31.3 Å². The second-order valence-electron chi connectivity index (χ2n) is 4.20. The van der Waals surface area contributed by atoms with Gasteiger partial charge in [0.05, 0.1) is 24.3 Å². The molecule has 0 spiro atoms. The Morgan fingerprint density at radius 3 is 3.00 bits per heavy atom. The highest BCUT2D eigenvalue weighted by Crippen LogP contribution is 2.30. The highest BCUT2D eigenvalue weighted by Gasteiger charge is 2.17. The van der Waals surface area contributed by atoms with E-state index >= 15 is 0 Å². The molecular formula is C12H16N2O4. The summed E-state index contributed by atoms with van der Waals surface area (Å²) in [6, 6.07) is 4.70. The molecule has 1 aromatic carbocycles. The molecule has 0 bridgehead atoms. The van der Waals surface area contributed by atoms with E-state index < -0.39 is 4.92 Å². The van der Waals surface area contributed by atoms with Crippen LogP contribution in [0.15, 0.2) is 18.2 Å². The van der Waals surface area contributed by atoms with Gasteiger partial charge in [-0.25, -0.2) is 0 Å². The van der Waals surface area contributed by atoms with Crippen molar-refractivity contribution in [2.75, 3.05) is 25.6 Å². The van der Waals surface area contributed by atoms with Crippen LogP contribution in [0.3, 0.4) is 0 Å². The van der Waals surface area contributed by atoms with Gasteiger partial charge in [0.1, 0.15) is 5.75 Å². The van der Waals surface area contributed by atoms with Crippen molar-refractivity contribution in [2.45, 2.75) is 18.9 Å². The third-order valence-electron chi connectivity index (χ3n) is 2.91. The minimum atomic E-state index is -0.415. The van der Waals surface area contributed by atoms with Gasteiger partial charge in [-0.15, -0.1) is 0 Å². The van der Waals surface area contributed by atoms with Crippen LogP contribution in [0.5, 0.6) is 5.75 Å². The van der Waals surface area contributed by atoms with Crippen LogP contribution >= 0.6 is 0 Å². The predicted octanol–water partition coefficient (Wildman–Crippen LogP) is 2.19. The second kappa shape index (κ2) is 5.68. The topological polar surface area (TPSA) is 73.6 Å². The molecule has 98 valence electrons. The Balaban J connectivity index is 2.17. The number of nitro groups is 1. The Hall–Kier alpha value is -1.82. The molecule has 0 radical (unpaired) electrons. The van der Waals surface area contributed by atoms with Crippen molar-refractivity contribution >= 4 is 11.4 Å². The molecule has 1 aromatic rings. The number of rotatable bonds is 4. The number of non-ortho nitro benzene ring substituents is 1. The lowest BCUT2D eigenvalue weighted by atomic mass is 10.1. The molecule has 0 amide bonds. The zero-order valence-corrected chi connectivity index (χ0v) is 10.2. The fourth-order valence-corrected chi connectivity index (χ4v) is 2.00. The first kappa shape index (κ1) is 12.6. The second-order valence-corrected chi connectivity index (χ2v) is 4.20. The van der Waals surface area contributed by atoms with E-state index in [0.29, 0.717) is 18.0 Å². The first-order valence-electron chi connectivity index (χ1n) is 5.87. The normalized spacial score (nSPS) is 19.3. The lowest BCUT2D eigenvalue weighted by Crippen LogP contribution is -2.30. The molecule has 0 aromatic heterocycles. The van der Waals surface area contributed by atoms with Crippen LogP contribution in [-0.2, 0) is 4.74 Å². The number of hydrogen-bond acceptors (Lipinski definition) is 5. The molecule has 1 saturated heterocycles. The van der Waals surface area contributed by atoms with Crippen LogP contribution in [0.2, 0.25) is 0 Å². The van der Waals surface area contributed by atoms with Gasteiger partial charge in [-0.05, 0) is 18.9 Å². The molecule has 6 heteroatoms. The Morgan fingerprint density at radius 1 is 1.56 bits per heavy atom. The number of ether oxygens (including phenoxy) is 2. The summed E-state index contributed by atoms with van der Waals surface area (Å²) in [4.78, 5) is 10.3. The number of nitrogens with one attached hydrogen (secondary N) is 1. The molecule has 0 aliphatic carbocycles. The molecule has 0 saturated carbocycles. The summed E-state index contributed by atoms with van der Waals surface area (Å²) in [6.45, 7) is 1.40. The van der Waals surface area contributed by atoms with E-state index in [1.54, 1.807) is 13.2 Å². The van der Waals surface area contributed by atoms with Gasteiger partial charge < -0.3 is 14.8 Å². The summed E-state index contributed by atoms with van der Waals surface area (Å²) in [6.07, 6.45) is 1.99. The standard InChI is InChI=1S/C12H16N2O4/c1-17-12-5-4-10(14(15)16)7-11(12)13-9-3-2-6-18-8-9/h4-5,7,9,13H,2-3,6,8H2,1H3. The predicted molar refractivity (Wildman–Crippen MR) is 67.1 cm³/mol. The summed E-state index contributed by atoms with van der Waals surface area (Å²) in [5.74, 6) is 0.603. The van der Waals surface area contributed by atoms with Gasteiger partial charge in [-0.1, -0.05) is 0 Å². The molecule has 2 rings (SSSR count). The Bertz CT molecular complexity index is 430. The first-order chi connectivity index (χ1) is 8.70. The summed E-state index contributed by atoms with van der Waals surface area (Å²) >= 11 is 0. The number of nitrogens with zero attached hydrogens (tertiary/aromatic N) is 1. The van der Waals surface area contributed by atoms with Gasteiger partial charge in [-0.3, -0.25) is 10.1 Å². The zero-order chi connectivity index (χ0) is 13.0. The van der Waals surface area contributed by atoms with Crippen molar-refractivity contribution in [3.63, 3.8) is 0 Å². The average molecular weight is 252 g/mol. The summed E-state index contributed by atoms with van der Waals surface area (Å²) in [5.41, 5.74) is 0.692. The third kappa shape index (κ3) is 2.89. The lowest BCUT2D eigenvalue weighted by molar-refractivity contribution is -0.384.